The van der Waals surface area contributed by atoms with Crippen LogP contribution in [-0.4, -0.2) is 9.97 Å². The minimum absolute atomic E-state index is 0.117. The first-order chi connectivity index (χ1) is 8.70. The highest BCUT2D eigenvalue weighted by Gasteiger charge is 2.12. The van der Waals surface area contributed by atoms with Crippen molar-refractivity contribution in [3.05, 3.63) is 35.4 Å². The van der Waals surface area contributed by atoms with Crippen LogP contribution in [0.5, 0.6) is 11.6 Å². The van der Waals surface area contributed by atoms with E-state index in [1.807, 2.05) is 6.07 Å². The van der Waals surface area contributed by atoms with Gasteiger partial charge >= 0.3 is 0 Å². The number of aromatic nitrogens is 2. The van der Waals surface area contributed by atoms with Gasteiger partial charge in [0.05, 0.1) is 0 Å². The fourth-order valence-electron chi connectivity index (χ4n) is 2.25. The predicted molar refractivity (Wildman–Crippen MR) is 69.4 cm³/mol. The Bertz CT molecular complexity index is 577. The number of anilines is 2. The standard InChI is InChI=1S/C13H14N4O/c14-11-7-12(17-13(15)16-11)18-10-5-4-8-2-1-3-9(8)6-10/h4-7H,1-3H2,(H4,14,15,16,17). The number of nitrogens with two attached hydrogens (primary N) is 2. The molecule has 0 radical (unpaired) electrons. The molecule has 0 aliphatic heterocycles. The summed E-state index contributed by atoms with van der Waals surface area (Å²) < 4.78 is 5.65. The quantitative estimate of drug-likeness (QED) is 0.840. The smallest absolute Gasteiger partial charge is 0.226 e. The minimum Gasteiger partial charge on any atom is -0.439 e. The molecule has 0 bridgehead atoms. The van der Waals surface area contributed by atoms with Gasteiger partial charge in [0.25, 0.3) is 0 Å². The molecule has 0 fully saturated rings. The van der Waals surface area contributed by atoms with Crippen LogP contribution in [0.1, 0.15) is 17.5 Å². The lowest BCUT2D eigenvalue weighted by molar-refractivity contribution is 0.462. The molecule has 1 heterocycles. The van der Waals surface area contributed by atoms with Crippen LogP contribution in [0, 0.1) is 0 Å². The van der Waals surface area contributed by atoms with E-state index >= 15 is 0 Å². The second kappa shape index (κ2) is 4.18. The average molecular weight is 242 g/mol. The fourth-order valence-corrected chi connectivity index (χ4v) is 2.25. The van der Waals surface area contributed by atoms with Gasteiger partial charge < -0.3 is 16.2 Å². The summed E-state index contributed by atoms with van der Waals surface area (Å²) in [5, 5.41) is 0. The summed E-state index contributed by atoms with van der Waals surface area (Å²) >= 11 is 0. The summed E-state index contributed by atoms with van der Waals surface area (Å²) in [6.07, 6.45) is 3.48. The molecule has 5 heteroatoms. The number of aryl methyl sites for hydroxylation is 2. The summed E-state index contributed by atoms with van der Waals surface area (Å²) in [4.78, 5) is 7.79. The van der Waals surface area contributed by atoms with E-state index in [1.165, 1.54) is 17.5 Å². The number of nitrogen functional groups attached to an aromatic ring is 2. The Morgan fingerprint density at radius 2 is 1.83 bits per heavy atom. The third kappa shape index (κ3) is 2.07. The van der Waals surface area contributed by atoms with E-state index in [9.17, 15) is 0 Å². The lowest BCUT2D eigenvalue weighted by Crippen LogP contribution is -2.00. The Balaban J connectivity index is 1.88. The first kappa shape index (κ1) is 10.8. The van der Waals surface area contributed by atoms with E-state index in [2.05, 4.69) is 22.1 Å². The predicted octanol–water partition coefficient (Wildman–Crippen LogP) is 1.92. The zero-order valence-electron chi connectivity index (χ0n) is 9.89. The Kier molecular flexibility index (Phi) is 2.51. The van der Waals surface area contributed by atoms with E-state index < -0.39 is 0 Å². The molecule has 1 aliphatic rings. The van der Waals surface area contributed by atoms with Crippen LogP contribution in [0.15, 0.2) is 24.3 Å². The molecule has 1 aromatic heterocycles. The van der Waals surface area contributed by atoms with Crippen molar-refractivity contribution in [1.82, 2.24) is 9.97 Å². The topological polar surface area (TPSA) is 87.0 Å². The molecule has 0 unspecified atom stereocenters. The molecule has 0 spiro atoms. The molecule has 0 amide bonds. The number of nitrogens with zero attached hydrogens (tertiary/aromatic N) is 2. The fraction of sp³-hybridized carbons (Fsp3) is 0.231. The summed E-state index contributed by atoms with van der Waals surface area (Å²) in [5.41, 5.74) is 13.9. The third-order valence-corrected chi connectivity index (χ3v) is 3.03. The highest BCUT2D eigenvalue weighted by atomic mass is 16.5. The molecule has 18 heavy (non-hydrogen) atoms. The molecule has 1 aromatic carbocycles. The van der Waals surface area contributed by atoms with E-state index in [-0.39, 0.29) is 5.95 Å². The van der Waals surface area contributed by atoms with E-state index in [1.54, 1.807) is 6.07 Å². The van der Waals surface area contributed by atoms with Crippen LogP contribution in [0.4, 0.5) is 11.8 Å². The van der Waals surface area contributed by atoms with Crippen LogP contribution in [0.2, 0.25) is 0 Å². The van der Waals surface area contributed by atoms with Gasteiger partial charge in [-0.1, -0.05) is 6.07 Å². The summed E-state index contributed by atoms with van der Waals surface area (Å²) in [7, 11) is 0. The average Bonchev–Trinajstić information content (AvgIpc) is 2.74. The van der Waals surface area contributed by atoms with Crippen molar-refractivity contribution in [2.24, 2.45) is 0 Å². The molecule has 0 saturated heterocycles. The van der Waals surface area contributed by atoms with Crippen LogP contribution in [0.25, 0.3) is 0 Å². The molecule has 4 N–H and O–H groups in total. The lowest BCUT2D eigenvalue weighted by Gasteiger charge is -2.07. The third-order valence-electron chi connectivity index (χ3n) is 3.03. The van der Waals surface area contributed by atoms with Crippen LogP contribution in [-0.2, 0) is 12.8 Å². The Morgan fingerprint density at radius 3 is 2.67 bits per heavy atom. The van der Waals surface area contributed by atoms with Gasteiger partial charge in [-0.2, -0.15) is 9.97 Å². The van der Waals surface area contributed by atoms with E-state index in [0.29, 0.717) is 11.7 Å². The maximum atomic E-state index is 5.65. The summed E-state index contributed by atoms with van der Waals surface area (Å²) in [6.45, 7) is 0. The molecule has 0 atom stereocenters. The second-order valence-corrected chi connectivity index (χ2v) is 4.38. The molecular weight excluding hydrogens is 228 g/mol. The largest absolute Gasteiger partial charge is 0.439 e. The number of benzene rings is 1. The molecule has 5 nitrogen and oxygen atoms in total. The monoisotopic (exact) mass is 242 g/mol. The van der Waals surface area contributed by atoms with Crippen LogP contribution < -0.4 is 16.2 Å². The molecule has 0 saturated carbocycles. The molecule has 2 aromatic rings. The highest BCUT2D eigenvalue weighted by molar-refractivity contribution is 5.43. The van der Waals surface area contributed by atoms with Crippen LogP contribution >= 0.6 is 0 Å². The highest BCUT2D eigenvalue weighted by Crippen LogP contribution is 2.28. The van der Waals surface area contributed by atoms with Gasteiger partial charge in [-0.05, 0) is 42.5 Å². The maximum Gasteiger partial charge on any atom is 0.226 e. The maximum absolute atomic E-state index is 5.65. The molecular formula is C13H14N4O. The van der Waals surface area contributed by atoms with Gasteiger partial charge in [0.15, 0.2) is 0 Å². The van der Waals surface area contributed by atoms with E-state index in [4.69, 9.17) is 16.2 Å². The minimum atomic E-state index is 0.117. The van der Waals surface area contributed by atoms with Crippen molar-refractivity contribution in [2.45, 2.75) is 19.3 Å². The van der Waals surface area contributed by atoms with Crippen LogP contribution in [0.3, 0.4) is 0 Å². The number of rotatable bonds is 2. The van der Waals surface area contributed by atoms with Gasteiger partial charge in [0.2, 0.25) is 11.8 Å². The Labute approximate surface area is 105 Å². The number of fused-ring (bicyclic) bond motifs is 1. The van der Waals surface area contributed by atoms with Crippen molar-refractivity contribution in [2.75, 3.05) is 11.5 Å². The van der Waals surface area contributed by atoms with Gasteiger partial charge in [-0.25, -0.2) is 0 Å². The van der Waals surface area contributed by atoms with Crippen molar-refractivity contribution in [3.63, 3.8) is 0 Å². The zero-order valence-corrected chi connectivity index (χ0v) is 9.89. The first-order valence-corrected chi connectivity index (χ1v) is 5.90. The molecule has 92 valence electrons. The van der Waals surface area contributed by atoms with Crippen molar-refractivity contribution >= 4 is 11.8 Å². The SMILES string of the molecule is Nc1cc(Oc2ccc3c(c2)CCC3)nc(N)n1. The normalized spacial score (nSPS) is 13.3. The van der Waals surface area contributed by atoms with Crippen molar-refractivity contribution < 1.29 is 4.74 Å². The van der Waals surface area contributed by atoms with Gasteiger partial charge in [-0.3, -0.25) is 0 Å². The lowest BCUT2D eigenvalue weighted by atomic mass is 10.1. The van der Waals surface area contributed by atoms with Crippen molar-refractivity contribution in [3.8, 4) is 11.6 Å². The molecule has 1 aliphatic carbocycles. The van der Waals surface area contributed by atoms with Gasteiger partial charge in [0, 0.05) is 6.07 Å². The number of hydrogen-bond acceptors (Lipinski definition) is 5. The number of ether oxygens (including phenoxy) is 1. The van der Waals surface area contributed by atoms with E-state index in [0.717, 1.165) is 18.6 Å². The first-order valence-electron chi connectivity index (χ1n) is 5.90. The summed E-state index contributed by atoms with van der Waals surface area (Å²) in [5.74, 6) is 1.55. The number of hydrogen-bond donors (Lipinski definition) is 2. The zero-order chi connectivity index (χ0) is 12.5. The second-order valence-electron chi connectivity index (χ2n) is 4.38. The van der Waals surface area contributed by atoms with Gasteiger partial charge in [0.1, 0.15) is 11.6 Å². The van der Waals surface area contributed by atoms with Gasteiger partial charge in [-0.15, -0.1) is 0 Å². The van der Waals surface area contributed by atoms with Crippen molar-refractivity contribution in [1.29, 1.82) is 0 Å². The Morgan fingerprint density at radius 1 is 1.00 bits per heavy atom. The Hall–Kier alpha value is -2.30. The summed E-state index contributed by atoms with van der Waals surface area (Å²) in [6, 6.07) is 7.66. The molecule has 3 rings (SSSR count).